The Labute approximate surface area is 135 Å². The van der Waals surface area contributed by atoms with Gasteiger partial charge >= 0.3 is 5.97 Å². The van der Waals surface area contributed by atoms with E-state index in [1.165, 1.54) is 0 Å². The van der Waals surface area contributed by atoms with Crippen LogP contribution in [0.25, 0.3) is 0 Å². The van der Waals surface area contributed by atoms with Crippen molar-refractivity contribution in [3.63, 3.8) is 0 Å². The molecule has 3 atom stereocenters. The zero-order chi connectivity index (χ0) is 16.3. The number of nitrogens with zero attached hydrogens (tertiary/aromatic N) is 2. The van der Waals surface area contributed by atoms with Gasteiger partial charge in [0.1, 0.15) is 6.04 Å². The molecule has 1 N–H and O–H groups in total. The molecular formula is C15H24N2O4S. The highest BCUT2D eigenvalue weighted by Crippen LogP contribution is 2.29. The van der Waals surface area contributed by atoms with Crippen LogP contribution in [0.2, 0.25) is 0 Å². The largest absolute Gasteiger partial charge is 0.481 e. The topological polar surface area (TPSA) is 77.9 Å². The van der Waals surface area contributed by atoms with E-state index in [1.807, 2.05) is 6.92 Å². The highest BCUT2D eigenvalue weighted by atomic mass is 32.2. The lowest BCUT2D eigenvalue weighted by atomic mass is 10.0. The van der Waals surface area contributed by atoms with Gasteiger partial charge in [0.15, 0.2) is 0 Å². The molecule has 2 aliphatic heterocycles. The third-order valence-electron chi connectivity index (χ3n) is 4.59. The second-order valence-corrected chi connectivity index (χ2v) is 6.99. The molecule has 7 heteroatoms. The number of hydrogen-bond donors (Lipinski definition) is 1. The van der Waals surface area contributed by atoms with Crippen molar-refractivity contribution in [1.29, 1.82) is 0 Å². The number of carboxylic acids is 1. The van der Waals surface area contributed by atoms with Crippen molar-refractivity contribution in [1.82, 2.24) is 9.80 Å². The Bertz CT molecular complexity index is 457. The van der Waals surface area contributed by atoms with Gasteiger partial charge in [-0.1, -0.05) is 13.3 Å². The Morgan fingerprint density at radius 2 is 2.00 bits per heavy atom. The van der Waals surface area contributed by atoms with E-state index in [4.69, 9.17) is 0 Å². The van der Waals surface area contributed by atoms with Crippen LogP contribution >= 0.6 is 11.8 Å². The monoisotopic (exact) mass is 328 g/mol. The van der Waals surface area contributed by atoms with E-state index >= 15 is 0 Å². The minimum absolute atomic E-state index is 0.0341. The minimum atomic E-state index is -0.848. The molecule has 22 heavy (non-hydrogen) atoms. The molecular weight excluding hydrogens is 304 g/mol. The molecule has 2 saturated heterocycles. The Kier molecular flexibility index (Phi) is 5.72. The standard InChI is InChI=1S/C15H24N2O4S/c1-3-4-5-13(18)17-9-22-8-12(17)14(19)16-7-6-11(10(16)2)15(20)21/h10-12H,3-9H2,1-2H3,(H,20,21). The normalized spacial score (nSPS) is 28.2. The van der Waals surface area contributed by atoms with Crippen LogP contribution in [0.4, 0.5) is 0 Å². The van der Waals surface area contributed by atoms with E-state index in [9.17, 15) is 19.5 Å². The average molecular weight is 328 g/mol. The number of amides is 2. The van der Waals surface area contributed by atoms with E-state index < -0.39 is 17.9 Å². The zero-order valence-corrected chi connectivity index (χ0v) is 14.0. The Morgan fingerprint density at radius 1 is 1.27 bits per heavy atom. The first-order valence-electron chi connectivity index (χ1n) is 7.87. The van der Waals surface area contributed by atoms with Crippen molar-refractivity contribution in [2.24, 2.45) is 5.92 Å². The molecule has 2 amide bonds. The van der Waals surface area contributed by atoms with Crippen LogP contribution in [0.3, 0.4) is 0 Å². The maximum Gasteiger partial charge on any atom is 0.308 e. The summed E-state index contributed by atoms with van der Waals surface area (Å²) in [7, 11) is 0. The zero-order valence-electron chi connectivity index (χ0n) is 13.2. The van der Waals surface area contributed by atoms with E-state index in [0.29, 0.717) is 31.0 Å². The van der Waals surface area contributed by atoms with Gasteiger partial charge in [0.2, 0.25) is 11.8 Å². The fourth-order valence-electron chi connectivity index (χ4n) is 3.14. The molecule has 2 heterocycles. The maximum absolute atomic E-state index is 12.7. The summed E-state index contributed by atoms with van der Waals surface area (Å²) in [6.07, 6.45) is 2.76. The number of likely N-dealkylation sites (tertiary alicyclic amines) is 1. The molecule has 3 unspecified atom stereocenters. The summed E-state index contributed by atoms with van der Waals surface area (Å²) in [6.45, 7) is 4.29. The van der Waals surface area contributed by atoms with E-state index in [-0.39, 0.29) is 17.9 Å². The quantitative estimate of drug-likeness (QED) is 0.825. The van der Waals surface area contributed by atoms with Gasteiger partial charge in [0.25, 0.3) is 0 Å². The van der Waals surface area contributed by atoms with Crippen molar-refractivity contribution in [3.8, 4) is 0 Å². The fraction of sp³-hybridized carbons (Fsp3) is 0.800. The number of rotatable bonds is 5. The number of carboxylic acid groups (broad SMARTS) is 1. The number of hydrogen-bond acceptors (Lipinski definition) is 4. The van der Waals surface area contributed by atoms with Gasteiger partial charge < -0.3 is 14.9 Å². The number of aliphatic carboxylic acids is 1. The molecule has 2 aliphatic rings. The van der Waals surface area contributed by atoms with Gasteiger partial charge in [-0.05, 0) is 19.8 Å². The minimum Gasteiger partial charge on any atom is -0.481 e. The van der Waals surface area contributed by atoms with Gasteiger partial charge in [-0.2, -0.15) is 0 Å². The molecule has 0 aromatic heterocycles. The maximum atomic E-state index is 12.7. The first-order valence-corrected chi connectivity index (χ1v) is 9.03. The molecule has 0 aromatic carbocycles. The predicted molar refractivity (Wildman–Crippen MR) is 84.4 cm³/mol. The van der Waals surface area contributed by atoms with Crippen molar-refractivity contribution >= 4 is 29.5 Å². The highest BCUT2D eigenvalue weighted by Gasteiger charge is 2.43. The summed E-state index contributed by atoms with van der Waals surface area (Å²) >= 11 is 1.59. The highest BCUT2D eigenvalue weighted by molar-refractivity contribution is 7.99. The van der Waals surface area contributed by atoms with Crippen molar-refractivity contribution in [2.45, 2.75) is 51.6 Å². The molecule has 2 fully saturated rings. The van der Waals surface area contributed by atoms with E-state index in [1.54, 1.807) is 28.5 Å². The van der Waals surface area contributed by atoms with Crippen LogP contribution in [0.15, 0.2) is 0 Å². The summed E-state index contributed by atoms with van der Waals surface area (Å²) in [4.78, 5) is 39.5. The summed E-state index contributed by atoms with van der Waals surface area (Å²) < 4.78 is 0. The predicted octanol–water partition coefficient (Wildman–Crippen LogP) is 1.40. The Morgan fingerprint density at radius 3 is 2.59 bits per heavy atom. The number of carbonyl (C=O) groups excluding carboxylic acids is 2. The van der Waals surface area contributed by atoms with Crippen LogP contribution < -0.4 is 0 Å². The Balaban J connectivity index is 2.02. The van der Waals surface area contributed by atoms with Gasteiger partial charge in [-0.3, -0.25) is 14.4 Å². The molecule has 0 aliphatic carbocycles. The number of unbranched alkanes of at least 4 members (excludes halogenated alkanes) is 1. The molecule has 124 valence electrons. The molecule has 0 bridgehead atoms. The summed E-state index contributed by atoms with van der Waals surface area (Å²) in [6, 6.07) is -0.729. The van der Waals surface area contributed by atoms with Crippen molar-refractivity contribution in [2.75, 3.05) is 18.2 Å². The summed E-state index contributed by atoms with van der Waals surface area (Å²) in [5, 5.41) is 9.18. The molecule has 0 radical (unpaired) electrons. The fourth-order valence-corrected chi connectivity index (χ4v) is 4.31. The lowest BCUT2D eigenvalue weighted by Gasteiger charge is -2.30. The first-order chi connectivity index (χ1) is 10.5. The third-order valence-corrected chi connectivity index (χ3v) is 5.60. The lowest BCUT2D eigenvalue weighted by Crippen LogP contribution is -2.50. The number of thioether (sulfide) groups is 1. The second-order valence-electron chi connectivity index (χ2n) is 5.99. The van der Waals surface area contributed by atoms with Gasteiger partial charge in [0.05, 0.1) is 11.8 Å². The van der Waals surface area contributed by atoms with Crippen LogP contribution in [0, 0.1) is 5.92 Å². The van der Waals surface area contributed by atoms with Crippen LogP contribution in [0.5, 0.6) is 0 Å². The molecule has 0 saturated carbocycles. The van der Waals surface area contributed by atoms with Crippen LogP contribution in [-0.2, 0) is 14.4 Å². The van der Waals surface area contributed by atoms with E-state index in [2.05, 4.69) is 0 Å². The third kappa shape index (κ3) is 3.39. The smallest absolute Gasteiger partial charge is 0.308 e. The van der Waals surface area contributed by atoms with E-state index in [0.717, 1.165) is 12.8 Å². The molecule has 6 nitrogen and oxygen atoms in total. The van der Waals surface area contributed by atoms with Gasteiger partial charge in [-0.25, -0.2) is 0 Å². The van der Waals surface area contributed by atoms with Crippen molar-refractivity contribution < 1.29 is 19.5 Å². The molecule has 0 spiro atoms. The van der Waals surface area contributed by atoms with Gasteiger partial charge in [-0.15, -0.1) is 11.8 Å². The SMILES string of the molecule is CCCCC(=O)N1CSCC1C(=O)N1CCC(C(=O)O)C1C. The lowest BCUT2D eigenvalue weighted by molar-refractivity contribution is -0.146. The summed E-state index contributed by atoms with van der Waals surface area (Å²) in [5.74, 6) is -0.235. The number of carbonyl (C=O) groups is 3. The van der Waals surface area contributed by atoms with Crippen molar-refractivity contribution in [3.05, 3.63) is 0 Å². The second kappa shape index (κ2) is 7.35. The van der Waals surface area contributed by atoms with Crippen LogP contribution in [-0.4, -0.2) is 62.9 Å². The molecule has 0 aromatic rings. The van der Waals surface area contributed by atoms with Gasteiger partial charge in [0, 0.05) is 24.8 Å². The Hall–Kier alpha value is -1.24. The molecule has 2 rings (SSSR count). The van der Waals surface area contributed by atoms with Crippen LogP contribution in [0.1, 0.15) is 39.5 Å². The first kappa shape index (κ1) is 17.1. The summed E-state index contributed by atoms with van der Waals surface area (Å²) in [5.41, 5.74) is 0. The average Bonchev–Trinajstić information content (AvgIpc) is 3.10.